The first kappa shape index (κ1) is 36.9. The molecular formula is C36H72O3. The summed E-state index contributed by atoms with van der Waals surface area (Å²) in [5, 5.41) is 0. The lowest BCUT2D eigenvalue weighted by atomic mass is 9.74. The first-order chi connectivity index (χ1) is 17.9. The number of rotatable bonds is 20. The fourth-order valence-electron chi connectivity index (χ4n) is 6.62. The van der Waals surface area contributed by atoms with Crippen LogP contribution in [0.5, 0.6) is 0 Å². The van der Waals surface area contributed by atoms with Gasteiger partial charge in [0, 0.05) is 13.0 Å². The maximum Gasteiger partial charge on any atom is 0.0681 e. The molecule has 0 radical (unpaired) electrons. The molecule has 0 bridgehead atoms. The normalized spacial score (nSPS) is 21.9. The lowest BCUT2D eigenvalue weighted by Crippen LogP contribution is -2.46. The average Bonchev–Trinajstić information content (AvgIpc) is 2.77. The fourth-order valence-corrected chi connectivity index (χ4v) is 6.62. The van der Waals surface area contributed by atoms with Gasteiger partial charge in [0.25, 0.3) is 0 Å². The molecule has 0 aromatic carbocycles. The molecule has 1 saturated carbocycles. The topological polar surface area (TPSA) is 27.7 Å². The van der Waals surface area contributed by atoms with Crippen molar-refractivity contribution in [2.75, 3.05) is 6.61 Å². The van der Waals surface area contributed by atoms with Crippen LogP contribution in [0.15, 0.2) is 0 Å². The summed E-state index contributed by atoms with van der Waals surface area (Å²) in [6.45, 7) is 30.3. The van der Waals surface area contributed by atoms with Crippen LogP contribution >= 0.6 is 0 Å². The lowest BCUT2D eigenvalue weighted by molar-refractivity contribution is -0.168. The SMILES string of the molecule is CC(C)CCCC(C)CCCC1CCC(C(C)OC(C)(C)CC(C)OC(C)(C)C(C)(C)CCOC(C)C)CC1. The summed E-state index contributed by atoms with van der Waals surface area (Å²) < 4.78 is 19.3. The molecule has 234 valence electrons. The van der Waals surface area contributed by atoms with Crippen molar-refractivity contribution in [3.05, 3.63) is 0 Å². The van der Waals surface area contributed by atoms with E-state index in [1.54, 1.807) is 0 Å². The minimum absolute atomic E-state index is 0.0267. The van der Waals surface area contributed by atoms with E-state index in [9.17, 15) is 0 Å². The van der Waals surface area contributed by atoms with Crippen molar-refractivity contribution in [2.24, 2.45) is 29.1 Å². The summed E-state index contributed by atoms with van der Waals surface area (Å²) in [4.78, 5) is 0. The highest BCUT2D eigenvalue weighted by Crippen LogP contribution is 2.40. The smallest absolute Gasteiger partial charge is 0.0681 e. The largest absolute Gasteiger partial charge is 0.379 e. The summed E-state index contributed by atoms with van der Waals surface area (Å²) in [7, 11) is 0. The third-order valence-electron chi connectivity index (χ3n) is 9.93. The molecule has 0 saturated heterocycles. The van der Waals surface area contributed by atoms with Crippen LogP contribution in [0.1, 0.15) is 167 Å². The molecule has 3 nitrogen and oxygen atoms in total. The Morgan fingerprint density at radius 3 is 1.87 bits per heavy atom. The van der Waals surface area contributed by atoms with E-state index in [1.165, 1.54) is 64.2 Å². The molecule has 0 aliphatic heterocycles. The predicted molar refractivity (Wildman–Crippen MR) is 171 cm³/mol. The lowest BCUT2D eigenvalue weighted by Gasteiger charge is -2.45. The number of hydrogen-bond donors (Lipinski definition) is 0. The molecule has 1 rings (SSSR count). The zero-order valence-corrected chi connectivity index (χ0v) is 29.0. The second kappa shape index (κ2) is 17.1. The van der Waals surface area contributed by atoms with Crippen LogP contribution in [0.4, 0.5) is 0 Å². The first-order valence-corrected chi connectivity index (χ1v) is 16.9. The molecule has 3 heteroatoms. The summed E-state index contributed by atoms with van der Waals surface area (Å²) in [5.74, 6) is 3.39. The molecule has 1 fully saturated rings. The highest BCUT2D eigenvalue weighted by Gasteiger charge is 2.40. The fraction of sp³-hybridized carbons (Fsp3) is 1.00. The Kier molecular flexibility index (Phi) is 16.2. The Bertz CT molecular complexity index is 627. The maximum absolute atomic E-state index is 6.74. The van der Waals surface area contributed by atoms with Gasteiger partial charge in [0.1, 0.15) is 0 Å². The Labute approximate surface area is 246 Å². The van der Waals surface area contributed by atoms with Crippen LogP contribution in [-0.2, 0) is 14.2 Å². The van der Waals surface area contributed by atoms with Gasteiger partial charge in [-0.3, -0.25) is 0 Å². The van der Waals surface area contributed by atoms with E-state index in [0.717, 1.165) is 37.2 Å². The van der Waals surface area contributed by atoms with Crippen LogP contribution in [0.3, 0.4) is 0 Å². The standard InChI is InChI=1S/C36H72O3/c1-27(2)16-14-17-29(5)18-15-19-32-20-22-33(23-21-32)31(7)39-35(10,11)26-30(6)38-36(12,13)34(8,9)24-25-37-28(3)4/h27-33H,14-26H2,1-13H3. The summed E-state index contributed by atoms with van der Waals surface area (Å²) in [6, 6.07) is 0. The Balaban J connectivity index is 2.40. The van der Waals surface area contributed by atoms with Crippen LogP contribution in [0.25, 0.3) is 0 Å². The number of hydrogen-bond acceptors (Lipinski definition) is 3. The minimum atomic E-state index is -0.237. The van der Waals surface area contributed by atoms with E-state index in [2.05, 4.69) is 90.0 Å². The zero-order chi connectivity index (χ0) is 29.9. The van der Waals surface area contributed by atoms with E-state index in [-0.39, 0.29) is 28.8 Å². The van der Waals surface area contributed by atoms with Gasteiger partial charge in [-0.1, -0.05) is 86.0 Å². The molecule has 0 heterocycles. The minimum Gasteiger partial charge on any atom is -0.379 e. The molecule has 1 aliphatic rings. The van der Waals surface area contributed by atoms with Crippen LogP contribution in [0.2, 0.25) is 0 Å². The van der Waals surface area contributed by atoms with Gasteiger partial charge in [-0.15, -0.1) is 0 Å². The van der Waals surface area contributed by atoms with Crippen molar-refractivity contribution in [1.29, 1.82) is 0 Å². The van der Waals surface area contributed by atoms with E-state index < -0.39 is 0 Å². The second-order valence-corrected chi connectivity index (χ2v) is 15.9. The van der Waals surface area contributed by atoms with Gasteiger partial charge in [-0.05, 0) is 104 Å². The highest BCUT2D eigenvalue weighted by molar-refractivity contribution is 4.89. The quantitative estimate of drug-likeness (QED) is 0.150. The second-order valence-electron chi connectivity index (χ2n) is 15.9. The number of ether oxygens (including phenoxy) is 3. The summed E-state index contributed by atoms with van der Waals surface area (Å²) in [6.07, 6.45) is 16.6. The zero-order valence-electron chi connectivity index (χ0n) is 29.0. The van der Waals surface area contributed by atoms with Gasteiger partial charge in [0.05, 0.1) is 29.5 Å². The maximum atomic E-state index is 6.74. The third-order valence-corrected chi connectivity index (χ3v) is 9.93. The van der Waals surface area contributed by atoms with Crippen LogP contribution in [0, 0.1) is 29.1 Å². The van der Waals surface area contributed by atoms with Crippen molar-refractivity contribution >= 4 is 0 Å². The Morgan fingerprint density at radius 1 is 0.718 bits per heavy atom. The molecule has 0 aromatic rings. The third kappa shape index (κ3) is 15.1. The van der Waals surface area contributed by atoms with Gasteiger partial charge in [-0.25, -0.2) is 0 Å². The van der Waals surface area contributed by atoms with Crippen molar-refractivity contribution in [2.45, 2.75) is 197 Å². The van der Waals surface area contributed by atoms with Crippen molar-refractivity contribution in [1.82, 2.24) is 0 Å². The molecule has 0 spiro atoms. The van der Waals surface area contributed by atoms with Gasteiger partial charge in [0.2, 0.25) is 0 Å². The predicted octanol–water partition coefficient (Wildman–Crippen LogP) is 11.0. The Hall–Kier alpha value is -0.120. The average molecular weight is 553 g/mol. The van der Waals surface area contributed by atoms with Crippen molar-refractivity contribution in [3.8, 4) is 0 Å². The molecular weight excluding hydrogens is 480 g/mol. The van der Waals surface area contributed by atoms with Crippen molar-refractivity contribution in [3.63, 3.8) is 0 Å². The monoisotopic (exact) mass is 553 g/mol. The van der Waals surface area contributed by atoms with E-state index >= 15 is 0 Å². The molecule has 3 unspecified atom stereocenters. The Morgan fingerprint density at radius 2 is 1.31 bits per heavy atom. The van der Waals surface area contributed by atoms with Crippen LogP contribution in [-0.4, -0.2) is 36.1 Å². The van der Waals surface area contributed by atoms with Crippen LogP contribution < -0.4 is 0 Å². The molecule has 0 amide bonds. The van der Waals surface area contributed by atoms with Crippen molar-refractivity contribution < 1.29 is 14.2 Å². The molecule has 3 atom stereocenters. The van der Waals surface area contributed by atoms with Gasteiger partial charge < -0.3 is 14.2 Å². The van der Waals surface area contributed by atoms with Gasteiger partial charge >= 0.3 is 0 Å². The molecule has 0 N–H and O–H groups in total. The summed E-state index contributed by atoms with van der Waals surface area (Å²) in [5.41, 5.74) is -0.403. The molecule has 1 aliphatic carbocycles. The summed E-state index contributed by atoms with van der Waals surface area (Å²) >= 11 is 0. The first-order valence-electron chi connectivity index (χ1n) is 16.9. The van der Waals surface area contributed by atoms with Gasteiger partial charge in [0.15, 0.2) is 0 Å². The molecule has 39 heavy (non-hydrogen) atoms. The van der Waals surface area contributed by atoms with E-state index in [0.29, 0.717) is 12.0 Å². The molecule has 0 aromatic heterocycles. The van der Waals surface area contributed by atoms with E-state index in [1.807, 2.05) is 0 Å². The van der Waals surface area contributed by atoms with Gasteiger partial charge in [-0.2, -0.15) is 0 Å². The highest BCUT2D eigenvalue weighted by atomic mass is 16.5. The van der Waals surface area contributed by atoms with E-state index in [4.69, 9.17) is 14.2 Å².